The molecular formula is C69H66OS. The first-order valence-electron chi connectivity index (χ1n) is 27.0. The Morgan fingerprint density at radius 2 is 0.915 bits per heavy atom. The van der Waals surface area contributed by atoms with E-state index in [1.807, 2.05) is 11.3 Å². The third kappa shape index (κ3) is 8.57. The minimum absolute atomic E-state index is 0.0130. The molecule has 0 radical (unpaired) electrons. The van der Waals surface area contributed by atoms with Crippen molar-refractivity contribution in [2.75, 3.05) is 0 Å². The molecule has 0 bridgehead atoms. The lowest BCUT2D eigenvalue weighted by Gasteiger charge is -2.33. The second-order valence-corrected chi connectivity index (χ2v) is 22.3. The van der Waals surface area contributed by atoms with Crippen molar-refractivity contribution in [3.05, 3.63) is 180 Å². The van der Waals surface area contributed by atoms with E-state index < -0.39 is 0 Å². The van der Waals surface area contributed by atoms with Crippen LogP contribution in [0.4, 0.5) is 0 Å². The first-order chi connectivity index (χ1) is 34.8. The van der Waals surface area contributed by atoms with Gasteiger partial charge < -0.3 is 4.42 Å². The molecule has 2 heteroatoms. The quantitative estimate of drug-likeness (QED) is 0.0655. The van der Waals surface area contributed by atoms with E-state index in [1.54, 1.807) is 11.1 Å². The molecule has 2 aromatic heterocycles. The molecule has 0 spiro atoms. The van der Waals surface area contributed by atoms with Crippen LogP contribution in [-0.2, 0) is 5.41 Å². The van der Waals surface area contributed by atoms with Gasteiger partial charge in [-0.1, -0.05) is 187 Å². The van der Waals surface area contributed by atoms with Gasteiger partial charge in [0.1, 0.15) is 11.2 Å². The van der Waals surface area contributed by atoms with Crippen molar-refractivity contribution < 1.29 is 4.42 Å². The molecule has 11 aromatic rings. The summed E-state index contributed by atoms with van der Waals surface area (Å²) >= 11 is 1.86. The van der Waals surface area contributed by atoms with Crippen molar-refractivity contribution in [1.29, 1.82) is 0 Å². The molecular weight excluding hydrogens is 877 g/mol. The maximum absolute atomic E-state index is 6.36. The third-order valence-electron chi connectivity index (χ3n) is 16.3. The van der Waals surface area contributed by atoms with E-state index in [-0.39, 0.29) is 5.41 Å². The smallest absolute Gasteiger partial charge is 0.136 e. The summed E-state index contributed by atoms with van der Waals surface area (Å²) in [4.78, 5) is 0. The van der Waals surface area contributed by atoms with Gasteiger partial charge >= 0.3 is 0 Å². The van der Waals surface area contributed by atoms with Crippen LogP contribution in [0.2, 0.25) is 0 Å². The topological polar surface area (TPSA) is 13.1 Å². The molecule has 1 aliphatic carbocycles. The van der Waals surface area contributed by atoms with E-state index in [1.165, 1.54) is 198 Å². The minimum atomic E-state index is 0.0130. The second-order valence-electron chi connectivity index (χ2n) is 21.2. The molecule has 0 saturated carbocycles. The number of furan rings is 1. The van der Waals surface area contributed by atoms with Crippen LogP contribution in [0, 0.1) is 13.8 Å². The molecule has 0 amide bonds. The zero-order valence-electron chi connectivity index (χ0n) is 42.2. The van der Waals surface area contributed by atoms with Crippen molar-refractivity contribution in [2.24, 2.45) is 0 Å². The lowest BCUT2D eigenvalue weighted by Crippen LogP contribution is -2.25. The maximum atomic E-state index is 6.36. The summed E-state index contributed by atoms with van der Waals surface area (Å²) < 4.78 is 8.92. The SMILES string of the molecule is CCCCCCCCC1(CCCCCCCC)c2cc(C)ccc2-c2ccc(-c3cc(-c4ccc5cc6cc(C)ccc6cc5c4)cc(-c4ccc5sc6cc7oc8ccccc8c7cc6c5c4)c3)cc21. The Labute approximate surface area is 424 Å². The highest BCUT2D eigenvalue weighted by molar-refractivity contribution is 7.25. The van der Waals surface area contributed by atoms with E-state index >= 15 is 0 Å². The van der Waals surface area contributed by atoms with Crippen LogP contribution in [0.3, 0.4) is 0 Å². The molecule has 0 aliphatic heterocycles. The molecule has 0 unspecified atom stereocenters. The van der Waals surface area contributed by atoms with E-state index in [0.29, 0.717) is 0 Å². The van der Waals surface area contributed by atoms with E-state index in [2.05, 4.69) is 185 Å². The van der Waals surface area contributed by atoms with Crippen molar-refractivity contribution in [1.82, 2.24) is 0 Å². The largest absolute Gasteiger partial charge is 0.456 e. The molecule has 0 atom stereocenters. The van der Waals surface area contributed by atoms with Gasteiger partial charge in [0.25, 0.3) is 0 Å². The number of benzene rings is 9. The molecule has 0 fully saturated rings. The second kappa shape index (κ2) is 19.3. The van der Waals surface area contributed by atoms with Crippen molar-refractivity contribution in [2.45, 2.75) is 123 Å². The fourth-order valence-corrected chi connectivity index (χ4v) is 13.6. The number of fused-ring (bicyclic) bond motifs is 11. The zero-order chi connectivity index (χ0) is 48.1. The van der Waals surface area contributed by atoms with Crippen molar-refractivity contribution in [3.8, 4) is 44.5 Å². The minimum Gasteiger partial charge on any atom is -0.456 e. The van der Waals surface area contributed by atoms with Gasteiger partial charge in [-0.05, 0) is 177 Å². The summed E-state index contributed by atoms with van der Waals surface area (Å²) in [6, 6.07) is 61.2. The van der Waals surface area contributed by atoms with Gasteiger partial charge in [-0.2, -0.15) is 0 Å². The first-order valence-corrected chi connectivity index (χ1v) is 27.8. The summed E-state index contributed by atoms with van der Waals surface area (Å²) in [5.41, 5.74) is 18.2. The Morgan fingerprint density at radius 3 is 1.65 bits per heavy atom. The molecule has 1 aliphatic rings. The molecule has 9 aromatic carbocycles. The highest BCUT2D eigenvalue weighted by atomic mass is 32.1. The maximum Gasteiger partial charge on any atom is 0.136 e. The van der Waals surface area contributed by atoms with Gasteiger partial charge in [0.15, 0.2) is 0 Å². The van der Waals surface area contributed by atoms with Crippen LogP contribution < -0.4 is 0 Å². The number of hydrogen-bond acceptors (Lipinski definition) is 2. The Bertz CT molecular complexity index is 3770. The number of aryl methyl sites for hydroxylation is 2. The molecule has 354 valence electrons. The van der Waals surface area contributed by atoms with E-state index in [0.717, 1.165) is 11.2 Å². The number of hydrogen-bond donors (Lipinski definition) is 0. The molecule has 12 rings (SSSR count). The van der Waals surface area contributed by atoms with E-state index in [4.69, 9.17) is 4.42 Å². The normalized spacial score (nSPS) is 13.1. The van der Waals surface area contributed by atoms with Gasteiger partial charge in [-0.25, -0.2) is 0 Å². The number of thiophene rings is 1. The van der Waals surface area contributed by atoms with Gasteiger partial charge in [0.05, 0.1) is 0 Å². The lowest BCUT2D eigenvalue weighted by atomic mass is 9.70. The Balaban J connectivity index is 1.01. The molecule has 0 saturated heterocycles. The average molecular weight is 943 g/mol. The van der Waals surface area contributed by atoms with E-state index in [9.17, 15) is 0 Å². The highest BCUT2D eigenvalue weighted by Gasteiger charge is 2.42. The van der Waals surface area contributed by atoms with Crippen molar-refractivity contribution >= 4 is 75.0 Å². The fraction of sp³-hybridized carbons (Fsp3) is 0.275. The van der Waals surface area contributed by atoms with Gasteiger partial charge in [0, 0.05) is 36.4 Å². The average Bonchev–Trinajstić information content (AvgIpc) is 4.03. The van der Waals surface area contributed by atoms with Crippen LogP contribution in [-0.4, -0.2) is 0 Å². The number of unbranched alkanes of at least 4 members (excludes halogenated alkanes) is 10. The van der Waals surface area contributed by atoms with Crippen LogP contribution in [0.1, 0.15) is 126 Å². The predicted octanol–water partition coefficient (Wildman–Crippen LogP) is 21.6. The summed E-state index contributed by atoms with van der Waals surface area (Å²) in [5, 5.41) is 10.1. The third-order valence-corrected chi connectivity index (χ3v) is 17.4. The summed E-state index contributed by atoms with van der Waals surface area (Å²) in [7, 11) is 0. The molecule has 71 heavy (non-hydrogen) atoms. The standard InChI is InChI=1S/C69H66OS/c1-5-7-9-11-13-17-31-69(32-18-14-12-10-8-6-2)63-34-46(4)22-28-57(63)58-29-26-51(42-64(58)69)56-39-54(49-25-24-48-35-52-33-45(3)21-23-47(52)36-53(48)37-49)38-55(40-56)50-27-30-67-61(41-50)62-43-60-59-19-15-16-20-65(59)70-66(60)44-68(62)71-67/h15-16,19-30,33-44H,5-14,17-18,31-32H2,1-4H3. The lowest BCUT2D eigenvalue weighted by molar-refractivity contribution is 0.398. The van der Waals surface area contributed by atoms with Crippen LogP contribution >= 0.6 is 11.3 Å². The zero-order valence-corrected chi connectivity index (χ0v) is 43.0. The fourth-order valence-electron chi connectivity index (χ4n) is 12.5. The predicted molar refractivity (Wildman–Crippen MR) is 310 cm³/mol. The molecule has 1 nitrogen and oxygen atoms in total. The number of rotatable bonds is 17. The van der Waals surface area contributed by atoms with Gasteiger partial charge in [-0.3, -0.25) is 0 Å². The summed E-state index contributed by atoms with van der Waals surface area (Å²) in [6.45, 7) is 9.14. The Kier molecular flexibility index (Phi) is 12.4. The van der Waals surface area contributed by atoms with Crippen LogP contribution in [0.15, 0.2) is 162 Å². The number of para-hydroxylation sites is 1. The van der Waals surface area contributed by atoms with Gasteiger partial charge in [-0.15, -0.1) is 11.3 Å². The summed E-state index contributed by atoms with van der Waals surface area (Å²) in [6.07, 6.45) is 18.3. The van der Waals surface area contributed by atoms with Crippen LogP contribution in [0.25, 0.3) is 108 Å². The summed E-state index contributed by atoms with van der Waals surface area (Å²) in [5.74, 6) is 0. The highest BCUT2D eigenvalue weighted by Crippen LogP contribution is 2.55. The Hall–Kier alpha value is -6.48. The first kappa shape index (κ1) is 45.6. The molecule has 2 heterocycles. The Morgan fingerprint density at radius 1 is 0.366 bits per heavy atom. The molecule has 0 N–H and O–H groups in total. The van der Waals surface area contributed by atoms with Crippen molar-refractivity contribution in [3.63, 3.8) is 0 Å². The monoisotopic (exact) mass is 942 g/mol. The van der Waals surface area contributed by atoms with Gasteiger partial charge in [0.2, 0.25) is 0 Å². The van der Waals surface area contributed by atoms with Crippen LogP contribution in [0.5, 0.6) is 0 Å².